The molecule has 232 valence electrons. The third-order valence-corrected chi connectivity index (χ3v) is 7.95. The first-order valence-electron chi connectivity index (χ1n) is 14.6. The molecule has 2 atom stereocenters. The lowest BCUT2D eigenvalue weighted by Crippen LogP contribution is -2.49. The van der Waals surface area contributed by atoms with Gasteiger partial charge < -0.3 is 15.7 Å². The highest BCUT2D eigenvalue weighted by atomic mass is 32.1. The normalized spacial score (nSPS) is 17.6. The first kappa shape index (κ1) is 34.9. The summed E-state index contributed by atoms with van der Waals surface area (Å²) in [6.07, 6.45) is 14.1. The first-order valence-corrected chi connectivity index (χ1v) is 15.4. The molecule has 4 N–H and O–H groups in total. The van der Waals surface area contributed by atoms with Crippen LogP contribution in [0.1, 0.15) is 87.6 Å². The van der Waals surface area contributed by atoms with Gasteiger partial charge in [-0.3, -0.25) is 19.7 Å². The summed E-state index contributed by atoms with van der Waals surface area (Å²) in [7, 11) is 0. The lowest BCUT2D eigenvalue weighted by molar-refractivity contribution is -0.136. The number of amides is 2. The van der Waals surface area contributed by atoms with Gasteiger partial charge in [0.25, 0.3) is 0 Å². The molecular formula is C30H43F2N5O4S. The van der Waals surface area contributed by atoms with Gasteiger partial charge in [0, 0.05) is 24.5 Å². The smallest absolute Gasteiger partial charge is 0.303 e. The van der Waals surface area contributed by atoms with Crippen molar-refractivity contribution in [3.8, 4) is 0 Å². The van der Waals surface area contributed by atoms with Crippen LogP contribution >= 0.6 is 11.3 Å². The summed E-state index contributed by atoms with van der Waals surface area (Å²) in [4.78, 5) is 34.7. The molecule has 1 aliphatic carbocycles. The van der Waals surface area contributed by atoms with Crippen LogP contribution in [0.5, 0.6) is 0 Å². The molecule has 2 heterocycles. The van der Waals surface area contributed by atoms with Crippen molar-refractivity contribution < 1.29 is 28.3 Å². The highest BCUT2D eigenvalue weighted by Gasteiger charge is 2.23. The second-order valence-electron chi connectivity index (χ2n) is 10.1. The molecule has 0 unspecified atom stereocenters. The molecule has 42 heavy (non-hydrogen) atoms. The van der Waals surface area contributed by atoms with Crippen LogP contribution in [0, 0.1) is 0 Å². The van der Waals surface area contributed by atoms with Gasteiger partial charge in [-0.1, -0.05) is 80.4 Å². The number of aromatic nitrogens is 2. The molecule has 1 aliphatic heterocycles. The number of hydrogen-bond acceptors (Lipinski definition) is 7. The van der Waals surface area contributed by atoms with Gasteiger partial charge >= 0.3 is 5.97 Å². The summed E-state index contributed by atoms with van der Waals surface area (Å²) >= 11 is 1.47. The predicted molar refractivity (Wildman–Crippen MR) is 161 cm³/mol. The minimum atomic E-state index is -1.75. The van der Waals surface area contributed by atoms with Crippen molar-refractivity contribution in [3.05, 3.63) is 53.1 Å². The largest absolute Gasteiger partial charge is 0.481 e. The van der Waals surface area contributed by atoms with Gasteiger partial charge in [0.1, 0.15) is 5.01 Å². The van der Waals surface area contributed by atoms with Gasteiger partial charge in [0.15, 0.2) is 0 Å². The third-order valence-electron chi connectivity index (χ3n) is 6.95. The Hall–Kier alpha value is -3.25. The number of nitrogens with zero attached hydrogens (tertiary/aromatic N) is 2. The molecule has 0 spiro atoms. The van der Waals surface area contributed by atoms with Crippen molar-refractivity contribution in [2.75, 3.05) is 18.8 Å². The van der Waals surface area contributed by atoms with E-state index in [1.165, 1.54) is 42.2 Å². The number of piperidine rings is 1. The number of hydrogen-bond donors (Lipinski definition) is 4. The number of rotatable bonds is 10. The number of alkyl halides is 2. The summed E-state index contributed by atoms with van der Waals surface area (Å²) in [5.74, 6) is -0.520. The summed E-state index contributed by atoms with van der Waals surface area (Å²) in [6.45, 7) is 0.720. The third kappa shape index (κ3) is 14.1. The predicted octanol–water partition coefficient (Wildman–Crippen LogP) is 5.70. The second-order valence-corrected chi connectivity index (χ2v) is 11.1. The average molecular weight is 608 g/mol. The first-order chi connectivity index (χ1) is 20.4. The summed E-state index contributed by atoms with van der Waals surface area (Å²) in [5.41, 5.74) is 1.21. The van der Waals surface area contributed by atoms with Crippen molar-refractivity contribution in [1.82, 2.24) is 20.8 Å². The fourth-order valence-electron chi connectivity index (χ4n) is 4.69. The van der Waals surface area contributed by atoms with Crippen LogP contribution in [0.3, 0.4) is 0 Å². The molecule has 12 heteroatoms. The van der Waals surface area contributed by atoms with Crippen molar-refractivity contribution >= 4 is 34.3 Å². The molecule has 2 aromatic rings. The van der Waals surface area contributed by atoms with E-state index in [4.69, 9.17) is 5.11 Å². The van der Waals surface area contributed by atoms with Crippen LogP contribution in [0.15, 0.2) is 42.5 Å². The number of anilines is 1. The zero-order valence-electron chi connectivity index (χ0n) is 24.2. The molecular weight excluding hydrogens is 564 g/mol. The Morgan fingerprint density at radius 2 is 1.74 bits per heavy atom. The van der Waals surface area contributed by atoms with Crippen LogP contribution in [0.4, 0.5) is 13.9 Å². The van der Waals surface area contributed by atoms with E-state index in [1.807, 2.05) is 18.2 Å². The maximum absolute atomic E-state index is 12.8. The van der Waals surface area contributed by atoms with Gasteiger partial charge in [-0.25, -0.2) is 8.78 Å². The topological polar surface area (TPSA) is 133 Å². The molecule has 2 fully saturated rings. The number of aryl methyl sites for hydroxylation is 1. The summed E-state index contributed by atoms with van der Waals surface area (Å²) < 4.78 is 19.2. The summed E-state index contributed by atoms with van der Waals surface area (Å²) in [5, 5.41) is 27.0. The maximum Gasteiger partial charge on any atom is 0.303 e. The highest BCUT2D eigenvalue weighted by Crippen LogP contribution is 2.35. The lowest BCUT2D eigenvalue weighted by atomic mass is 9.90. The van der Waals surface area contributed by atoms with E-state index in [2.05, 4.69) is 38.3 Å². The lowest BCUT2D eigenvalue weighted by Gasteiger charge is -2.25. The van der Waals surface area contributed by atoms with Gasteiger partial charge in [0.2, 0.25) is 23.9 Å². The van der Waals surface area contributed by atoms with E-state index in [-0.39, 0.29) is 30.3 Å². The molecule has 9 nitrogen and oxygen atoms in total. The molecule has 0 radical (unpaired) electrons. The van der Waals surface area contributed by atoms with Crippen LogP contribution in [-0.2, 0) is 20.8 Å². The fraction of sp³-hybridized carbons (Fsp3) is 0.567. The van der Waals surface area contributed by atoms with E-state index in [0.29, 0.717) is 11.0 Å². The Balaban J connectivity index is 0.000000686. The van der Waals surface area contributed by atoms with E-state index < -0.39 is 12.9 Å². The van der Waals surface area contributed by atoms with E-state index in [9.17, 15) is 23.2 Å². The van der Waals surface area contributed by atoms with Crippen LogP contribution in [0.25, 0.3) is 0 Å². The van der Waals surface area contributed by atoms with Crippen molar-refractivity contribution in [2.45, 2.75) is 95.6 Å². The molecule has 2 aliphatic rings. The Morgan fingerprint density at radius 1 is 1.07 bits per heavy atom. The zero-order chi connectivity index (χ0) is 30.6. The Bertz CT molecular complexity index is 1090. The van der Waals surface area contributed by atoms with E-state index in [0.717, 1.165) is 56.5 Å². The zero-order valence-corrected chi connectivity index (χ0v) is 25.0. The van der Waals surface area contributed by atoms with Crippen LogP contribution in [0.2, 0.25) is 0 Å². The number of carboxylic acids is 1. The quantitative estimate of drug-likeness (QED) is 0.255. The molecule has 2 amide bonds. The second kappa shape index (κ2) is 20.6. The minimum absolute atomic E-state index is 0.00377. The number of halogens is 2. The molecule has 0 bridgehead atoms. The Labute approximate surface area is 250 Å². The highest BCUT2D eigenvalue weighted by molar-refractivity contribution is 7.15. The number of benzene rings is 1. The van der Waals surface area contributed by atoms with E-state index in [1.54, 1.807) is 13.0 Å². The van der Waals surface area contributed by atoms with Gasteiger partial charge in [-0.15, -0.1) is 10.2 Å². The van der Waals surface area contributed by atoms with E-state index >= 15 is 0 Å². The van der Waals surface area contributed by atoms with Crippen molar-refractivity contribution in [1.29, 1.82) is 0 Å². The van der Waals surface area contributed by atoms with Crippen LogP contribution in [-0.4, -0.2) is 58.6 Å². The fourth-order valence-corrected chi connectivity index (χ4v) is 5.61. The number of carbonyl (C=O) groups excluding carboxylic acids is 2. The maximum atomic E-state index is 12.8. The Kier molecular flexibility index (Phi) is 17.1. The standard InChI is InChI=1S/C26H35N5O2S.C3H6O2.CH2F2/c32-23(29-26-31-30-25(34-26)20-11-5-2-6-12-20)17-16-21(15-14-19-9-3-1-4-10-19)28-24(33)22-13-7-8-18-27-22;1-2-3(4)5;2-1-3/h1,3-4,9-10,16-17,20-22,27H,2,5-8,11-15,18H2,(H,28,33)(H,29,31,32);2H2,1H3,(H,4,5);1H2/b17-16+;;/t21-,22-;;/m0../s1. The average Bonchev–Trinajstić information content (AvgIpc) is 3.49. The number of carboxylic acid groups (broad SMARTS) is 1. The van der Waals surface area contributed by atoms with Crippen LogP contribution < -0.4 is 16.0 Å². The van der Waals surface area contributed by atoms with Gasteiger partial charge in [0.05, 0.1) is 6.04 Å². The number of nitrogens with one attached hydrogen (secondary N) is 3. The summed E-state index contributed by atoms with van der Waals surface area (Å²) in [6, 6.07) is 9.80. The van der Waals surface area contributed by atoms with Gasteiger partial charge in [-0.2, -0.15) is 0 Å². The minimum Gasteiger partial charge on any atom is -0.481 e. The molecule has 1 saturated heterocycles. The monoisotopic (exact) mass is 607 g/mol. The molecule has 4 rings (SSSR count). The number of aliphatic carboxylic acids is 1. The SMILES string of the molecule is CCC(=O)O.FCF.O=C(/C=C/[C@H](CCc1ccccc1)NC(=O)[C@@H]1CCCCN1)Nc1nnc(C2CCCCC2)s1. The molecule has 1 aromatic heterocycles. The van der Waals surface area contributed by atoms with Crippen molar-refractivity contribution in [2.24, 2.45) is 0 Å². The molecule has 1 aromatic carbocycles. The number of carbonyl (C=O) groups is 3. The Morgan fingerprint density at radius 3 is 2.36 bits per heavy atom. The van der Waals surface area contributed by atoms with Crippen molar-refractivity contribution in [3.63, 3.8) is 0 Å². The molecule has 1 saturated carbocycles. The van der Waals surface area contributed by atoms with Gasteiger partial charge in [-0.05, 0) is 50.6 Å².